The van der Waals surface area contributed by atoms with Crippen molar-refractivity contribution in [1.29, 1.82) is 0 Å². The molecule has 1 aromatic rings. The summed E-state index contributed by atoms with van der Waals surface area (Å²) in [7, 11) is 0. The Bertz CT molecular complexity index is 397. The molecule has 0 amide bonds. The number of halogens is 2. The second-order valence-electron chi connectivity index (χ2n) is 5.29. The number of nitrogens with one attached hydrogen (secondary N) is 1. The molecule has 0 unspecified atom stereocenters. The molecule has 0 heterocycles. The van der Waals surface area contributed by atoms with Gasteiger partial charge in [0, 0.05) is 28.0 Å². The number of rotatable bonds is 4. The van der Waals surface area contributed by atoms with Crippen LogP contribution >= 0.6 is 23.2 Å². The van der Waals surface area contributed by atoms with E-state index in [1.807, 2.05) is 12.1 Å². The predicted molar refractivity (Wildman–Crippen MR) is 75.1 cm³/mol. The Morgan fingerprint density at radius 3 is 2.47 bits per heavy atom. The van der Waals surface area contributed by atoms with Crippen LogP contribution in [-0.4, -0.2) is 12.6 Å². The average molecular weight is 272 g/mol. The predicted octanol–water partition coefficient (Wildman–Crippen LogP) is 4.41. The van der Waals surface area contributed by atoms with Crippen LogP contribution in [0, 0.1) is 0 Å². The van der Waals surface area contributed by atoms with Crippen LogP contribution in [0.3, 0.4) is 0 Å². The Morgan fingerprint density at radius 1 is 1.29 bits per heavy atom. The van der Waals surface area contributed by atoms with Gasteiger partial charge in [0.2, 0.25) is 0 Å². The van der Waals surface area contributed by atoms with Crippen molar-refractivity contribution in [3.63, 3.8) is 0 Å². The number of benzene rings is 1. The summed E-state index contributed by atoms with van der Waals surface area (Å²) >= 11 is 12.3. The Balaban J connectivity index is 2.22. The fourth-order valence-corrected chi connectivity index (χ4v) is 3.07. The van der Waals surface area contributed by atoms with E-state index < -0.39 is 0 Å². The van der Waals surface area contributed by atoms with Crippen LogP contribution in [0.5, 0.6) is 0 Å². The zero-order chi connectivity index (χ0) is 12.5. The summed E-state index contributed by atoms with van der Waals surface area (Å²) in [6, 6.07) is 6.40. The Hall–Kier alpha value is -0.240. The summed E-state index contributed by atoms with van der Waals surface area (Å²) in [5, 5.41) is 5.06. The van der Waals surface area contributed by atoms with E-state index in [-0.39, 0.29) is 5.41 Å². The van der Waals surface area contributed by atoms with Gasteiger partial charge in [-0.15, -0.1) is 0 Å². The molecule has 0 bridgehead atoms. The van der Waals surface area contributed by atoms with Gasteiger partial charge in [0.25, 0.3) is 0 Å². The highest BCUT2D eigenvalue weighted by Gasteiger charge is 2.39. The van der Waals surface area contributed by atoms with Gasteiger partial charge in [-0.3, -0.25) is 0 Å². The minimum atomic E-state index is 0.228. The standard InChI is InChI=1S/C14H19Cl2N/c1-10(2)17-9-14(6-3-7-14)12-5-4-11(15)8-13(12)16/h4-5,8,10,17H,3,6-7,9H2,1-2H3. The Labute approximate surface area is 114 Å². The SMILES string of the molecule is CC(C)NCC1(c2ccc(Cl)cc2Cl)CCC1. The molecule has 1 saturated carbocycles. The molecular formula is C14H19Cl2N. The summed E-state index contributed by atoms with van der Waals surface area (Å²) in [6.07, 6.45) is 3.72. The maximum Gasteiger partial charge on any atom is 0.0458 e. The molecule has 3 heteroatoms. The van der Waals surface area contributed by atoms with Crippen LogP contribution in [0.4, 0.5) is 0 Å². The lowest BCUT2D eigenvalue weighted by Gasteiger charge is -2.43. The molecule has 0 aliphatic heterocycles. The van der Waals surface area contributed by atoms with Gasteiger partial charge in [0.1, 0.15) is 0 Å². The van der Waals surface area contributed by atoms with Crippen molar-refractivity contribution < 1.29 is 0 Å². The van der Waals surface area contributed by atoms with E-state index in [1.165, 1.54) is 24.8 Å². The zero-order valence-electron chi connectivity index (χ0n) is 10.4. The lowest BCUT2D eigenvalue weighted by atomic mass is 9.64. The minimum absolute atomic E-state index is 0.228. The second kappa shape index (κ2) is 5.17. The van der Waals surface area contributed by atoms with Crippen LogP contribution in [-0.2, 0) is 5.41 Å². The molecule has 17 heavy (non-hydrogen) atoms. The third-order valence-electron chi connectivity index (χ3n) is 3.66. The summed E-state index contributed by atoms with van der Waals surface area (Å²) in [6.45, 7) is 5.36. The largest absolute Gasteiger partial charge is 0.314 e. The minimum Gasteiger partial charge on any atom is -0.314 e. The van der Waals surface area contributed by atoms with E-state index in [1.54, 1.807) is 0 Å². The van der Waals surface area contributed by atoms with Crippen LogP contribution in [0.25, 0.3) is 0 Å². The van der Waals surface area contributed by atoms with E-state index >= 15 is 0 Å². The van der Waals surface area contributed by atoms with Crippen molar-refractivity contribution in [1.82, 2.24) is 5.32 Å². The fourth-order valence-electron chi connectivity index (χ4n) is 2.46. The fraction of sp³-hybridized carbons (Fsp3) is 0.571. The topological polar surface area (TPSA) is 12.0 Å². The van der Waals surface area contributed by atoms with E-state index in [0.29, 0.717) is 11.1 Å². The second-order valence-corrected chi connectivity index (χ2v) is 6.14. The average Bonchev–Trinajstić information content (AvgIpc) is 2.18. The van der Waals surface area contributed by atoms with Gasteiger partial charge >= 0.3 is 0 Å². The monoisotopic (exact) mass is 271 g/mol. The molecule has 1 nitrogen and oxygen atoms in total. The molecule has 0 aromatic heterocycles. The molecule has 0 saturated heterocycles. The molecule has 0 spiro atoms. The third kappa shape index (κ3) is 2.78. The van der Waals surface area contributed by atoms with Crippen molar-refractivity contribution in [3.8, 4) is 0 Å². The first kappa shape index (κ1) is 13.2. The van der Waals surface area contributed by atoms with Gasteiger partial charge < -0.3 is 5.32 Å². The van der Waals surface area contributed by atoms with Crippen molar-refractivity contribution in [2.45, 2.75) is 44.6 Å². The molecule has 0 atom stereocenters. The zero-order valence-corrected chi connectivity index (χ0v) is 11.9. The maximum atomic E-state index is 6.33. The molecule has 2 rings (SSSR count). The van der Waals surface area contributed by atoms with E-state index in [9.17, 15) is 0 Å². The van der Waals surface area contributed by atoms with Gasteiger partial charge in [-0.25, -0.2) is 0 Å². The highest BCUT2D eigenvalue weighted by atomic mass is 35.5. The van der Waals surface area contributed by atoms with Crippen LogP contribution < -0.4 is 5.32 Å². The molecular weight excluding hydrogens is 253 g/mol. The van der Waals surface area contributed by atoms with Crippen LogP contribution in [0.2, 0.25) is 10.0 Å². The maximum absolute atomic E-state index is 6.33. The normalized spacial score (nSPS) is 18.2. The summed E-state index contributed by atoms with van der Waals surface area (Å²) in [5.41, 5.74) is 1.48. The smallest absolute Gasteiger partial charge is 0.0458 e. The Morgan fingerprint density at radius 2 is 2.00 bits per heavy atom. The Kier molecular flexibility index (Phi) is 4.02. The number of hydrogen-bond acceptors (Lipinski definition) is 1. The molecule has 1 aliphatic rings. The highest BCUT2D eigenvalue weighted by molar-refractivity contribution is 6.35. The molecule has 1 fully saturated rings. The lowest BCUT2D eigenvalue weighted by molar-refractivity contribution is 0.228. The van der Waals surface area contributed by atoms with Crippen molar-refractivity contribution in [2.75, 3.05) is 6.54 Å². The van der Waals surface area contributed by atoms with Crippen molar-refractivity contribution in [2.24, 2.45) is 0 Å². The molecule has 94 valence electrons. The first-order valence-corrected chi connectivity index (χ1v) is 6.98. The lowest BCUT2D eigenvalue weighted by Crippen LogP contribution is -2.45. The van der Waals surface area contributed by atoms with Gasteiger partial charge in [0.15, 0.2) is 0 Å². The summed E-state index contributed by atoms with van der Waals surface area (Å²) in [5.74, 6) is 0. The molecule has 1 aliphatic carbocycles. The summed E-state index contributed by atoms with van der Waals surface area (Å²) in [4.78, 5) is 0. The van der Waals surface area contributed by atoms with Gasteiger partial charge in [-0.05, 0) is 30.5 Å². The van der Waals surface area contributed by atoms with Gasteiger partial charge in [-0.2, -0.15) is 0 Å². The van der Waals surface area contributed by atoms with Crippen LogP contribution in [0.15, 0.2) is 18.2 Å². The van der Waals surface area contributed by atoms with E-state index in [2.05, 4.69) is 25.2 Å². The van der Waals surface area contributed by atoms with E-state index in [0.717, 1.165) is 11.6 Å². The van der Waals surface area contributed by atoms with Crippen LogP contribution in [0.1, 0.15) is 38.7 Å². The summed E-state index contributed by atoms with van der Waals surface area (Å²) < 4.78 is 0. The highest BCUT2D eigenvalue weighted by Crippen LogP contribution is 2.46. The van der Waals surface area contributed by atoms with Gasteiger partial charge in [-0.1, -0.05) is 49.5 Å². The third-order valence-corrected chi connectivity index (χ3v) is 4.21. The first-order chi connectivity index (χ1) is 8.03. The first-order valence-electron chi connectivity index (χ1n) is 6.22. The van der Waals surface area contributed by atoms with Crippen molar-refractivity contribution >= 4 is 23.2 Å². The molecule has 1 aromatic carbocycles. The number of hydrogen-bond donors (Lipinski definition) is 1. The van der Waals surface area contributed by atoms with Gasteiger partial charge in [0.05, 0.1) is 0 Å². The van der Waals surface area contributed by atoms with E-state index in [4.69, 9.17) is 23.2 Å². The molecule has 0 radical (unpaired) electrons. The van der Waals surface area contributed by atoms with Crippen molar-refractivity contribution in [3.05, 3.63) is 33.8 Å². The quantitative estimate of drug-likeness (QED) is 0.855. The molecule has 1 N–H and O–H groups in total.